The van der Waals surface area contributed by atoms with Crippen LogP contribution in [0.5, 0.6) is 0 Å². The quantitative estimate of drug-likeness (QED) is 0.352. The largest absolute Gasteiger partial charge is 0.368 e. The van der Waals surface area contributed by atoms with Crippen molar-refractivity contribution in [3.63, 3.8) is 0 Å². The minimum Gasteiger partial charge on any atom is -0.368 e. The Bertz CT molecular complexity index is 1330. The van der Waals surface area contributed by atoms with Crippen molar-refractivity contribution < 1.29 is 13.2 Å². The molecule has 198 valence electrons. The van der Waals surface area contributed by atoms with Gasteiger partial charge in [-0.05, 0) is 36.7 Å². The second-order valence-corrected chi connectivity index (χ2v) is 11.1. The molecule has 37 heavy (non-hydrogen) atoms. The van der Waals surface area contributed by atoms with Crippen LogP contribution >= 0.6 is 0 Å². The van der Waals surface area contributed by atoms with Crippen molar-refractivity contribution in [3.05, 3.63) is 71.4 Å². The topological polar surface area (TPSA) is 122 Å². The fourth-order valence-electron chi connectivity index (χ4n) is 3.90. The molecule has 10 heteroatoms. The van der Waals surface area contributed by atoms with Crippen LogP contribution in [0.4, 0.5) is 5.82 Å². The number of nitrogens with one attached hydrogen (secondary N) is 1. The van der Waals surface area contributed by atoms with Gasteiger partial charge < -0.3 is 11.1 Å². The monoisotopic (exact) mass is 524 g/mol. The summed E-state index contributed by atoms with van der Waals surface area (Å²) in [5.41, 5.74) is 7.18. The molecule has 2 aromatic carbocycles. The van der Waals surface area contributed by atoms with Gasteiger partial charge in [-0.1, -0.05) is 63.2 Å². The summed E-state index contributed by atoms with van der Waals surface area (Å²) in [4.78, 5) is 23.3. The third-order valence-corrected chi connectivity index (χ3v) is 7.64. The smallest absolute Gasteiger partial charge is 0.240 e. The van der Waals surface area contributed by atoms with Gasteiger partial charge in [-0.2, -0.15) is 4.31 Å². The number of sulfonamides is 1. The van der Waals surface area contributed by atoms with Gasteiger partial charge in [0, 0.05) is 30.4 Å². The number of rotatable bonds is 13. The van der Waals surface area contributed by atoms with Crippen LogP contribution in [-0.4, -0.2) is 66.2 Å². The van der Waals surface area contributed by atoms with E-state index in [1.807, 2.05) is 87.3 Å². The second-order valence-electron chi connectivity index (χ2n) is 9.26. The number of para-hydroxylation sites is 1. The molecule has 0 bridgehead atoms. The normalized spacial score (nSPS) is 13.2. The van der Waals surface area contributed by atoms with E-state index in [9.17, 15) is 13.2 Å². The molecule has 9 nitrogen and oxygen atoms in total. The molecule has 0 fully saturated rings. The van der Waals surface area contributed by atoms with Gasteiger partial charge >= 0.3 is 0 Å². The first kappa shape index (κ1) is 28.2. The maximum atomic E-state index is 12.9. The van der Waals surface area contributed by atoms with Crippen LogP contribution in [0.3, 0.4) is 0 Å². The predicted molar refractivity (Wildman–Crippen MR) is 149 cm³/mol. The highest BCUT2D eigenvalue weighted by Crippen LogP contribution is 2.22. The number of primary amides is 1. The fourth-order valence-corrected chi connectivity index (χ4v) is 5.10. The Hall–Kier alpha value is -3.34. The molecule has 0 radical (unpaired) electrons. The minimum atomic E-state index is -3.56. The number of carbonyl (C=O) groups is 1. The van der Waals surface area contributed by atoms with Crippen molar-refractivity contribution in [3.8, 4) is 0 Å². The molecule has 0 aliphatic rings. The molecular weight excluding hydrogens is 488 g/mol. The van der Waals surface area contributed by atoms with Crippen molar-refractivity contribution in [1.82, 2.24) is 19.2 Å². The molecule has 0 aliphatic carbocycles. The maximum Gasteiger partial charge on any atom is 0.240 e. The first-order valence-electron chi connectivity index (χ1n) is 12.3. The summed E-state index contributed by atoms with van der Waals surface area (Å²) in [6.45, 7) is 7.24. The molecule has 3 aromatic rings. The van der Waals surface area contributed by atoms with Gasteiger partial charge in [0.1, 0.15) is 17.7 Å². The SMILES string of the molecule is CCN(CCN(C)Cc1nc(N[C@H](C(N)=O)C(C)C)c2ccccc2n1)S(=O)(=O)/C=C/c1ccccc1. The zero-order chi connectivity index (χ0) is 27.0. The summed E-state index contributed by atoms with van der Waals surface area (Å²) in [7, 11) is -1.67. The van der Waals surface area contributed by atoms with Crippen LogP contribution in [-0.2, 0) is 21.4 Å². The van der Waals surface area contributed by atoms with Crippen LogP contribution in [0.1, 0.15) is 32.2 Å². The molecule has 0 saturated heterocycles. The van der Waals surface area contributed by atoms with Gasteiger partial charge in [-0.25, -0.2) is 18.4 Å². The van der Waals surface area contributed by atoms with E-state index in [1.165, 1.54) is 9.71 Å². The number of likely N-dealkylation sites (N-methyl/N-ethyl adjacent to an activating group) is 2. The van der Waals surface area contributed by atoms with Crippen molar-refractivity contribution in [2.24, 2.45) is 11.7 Å². The number of hydrogen-bond donors (Lipinski definition) is 2. The number of anilines is 1. The number of nitrogens with two attached hydrogens (primary N) is 1. The standard InChI is InChI=1S/C27H36N6O3S/c1-5-33(37(35,36)18-15-21-11-7-6-8-12-21)17-16-32(4)19-24-29-23-14-10-9-13-22(23)27(30-24)31-25(20(2)3)26(28)34/h6-15,18,20,25H,5,16-17,19H2,1-4H3,(H2,28,34)(H,29,30,31)/b18-15+/t25-/m0/s1. The number of fused-ring (bicyclic) bond motifs is 1. The highest BCUT2D eigenvalue weighted by Gasteiger charge is 2.22. The third kappa shape index (κ3) is 7.82. The first-order chi connectivity index (χ1) is 17.6. The van der Waals surface area contributed by atoms with Gasteiger partial charge in [-0.15, -0.1) is 0 Å². The lowest BCUT2D eigenvalue weighted by Gasteiger charge is -2.23. The number of aromatic nitrogens is 2. The van der Waals surface area contributed by atoms with Crippen molar-refractivity contribution in [2.45, 2.75) is 33.4 Å². The van der Waals surface area contributed by atoms with Gasteiger partial charge in [-0.3, -0.25) is 9.69 Å². The predicted octanol–water partition coefficient (Wildman–Crippen LogP) is 3.31. The number of amides is 1. The first-order valence-corrected chi connectivity index (χ1v) is 13.8. The molecular formula is C27H36N6O3S. The lowest BCUT2D eigenvalue weighted by atomic mass is 10.0. The molecule has 0 aliphatic heterocycles. The minimum absolute atomic E-state index is 0.0183. The van der Waals surface area contributed by atoms with E-state index in [1.54, 1.807) is 6.08 Å². The van der Waals surface area contributed by atoms with E-state index in [4.69, 9.17) is 5.73 Å². The Morgan fingerprint density at radius 2 is 1.73 bits per heavy atom. The molecule has 1 aromatic heterocycles. The van der Waals surface area contributed by atoms with Gasteiger partial charge in [0.2, 0.25) is 15.9 Å². The Morgan fingerprint density at radius 1 is 1.05 bits per heavy atom. The number of hydrogen-bond acceptors (Lipinski definition) is 7. The summed E-state index contributed by atoms with van der Waals surface area (Å²) < 4.78 is 27.2. The van der Waals surface area contributed by atoms with E-state index < -0.39 is 22.0 Å². The van der Waals surface area contributed by atoms with Crippen LogP contribution in [0.2, 0.25) is 0 Å². The zero-order valence-electron chi connectivity index (χ0n) is 21.8. The molecule has 3 N–H and O–H groups in total. The highest BCUT2D eigenvalue weighted by molar-refractivity contribution is 7.92. The maximum absolute atomic E-state index is 12.9. The Kier molecular flexibility index (Phi) is 9.73. The van der Waals surface area contributed by atoms with Crippen LogP contribution in [0, 0.1) is 5.92 Å². The second kappa shape index (κ2) is 12.8. The summed E-state index contributed by atoms with van der Waals surface area (Å²) in [6.07, 6.45) is 1.61. The van der Waals surface area contributed by atoms with E-state index in [2.05, 4.69) is 15.3 Å². The van der Waals surface area contributed by atoms with E-state index in [0.29, 0.717) is 37.8 Å². The summed E-state index contributed by atoms with van der Waals surface area (Å²) in [5.74, 6) is 0.648. The average Bonchev–Trinajstić information content (AvgIpc) is 2.86. The average molecular weight is 525 g/mol. The van der Waals surface area contributed by atoms with Crippen molar-refractivity contribution in [1.29, 1.82) is 0 Å². The lowest BCUT2D eigenvalue weighted by Crippen LogP contribution is -2.40. The Balaban J connectivity index is 1.72. The highest BCUT2D eigenvalue weighted by atomic mass is 32.2. The molecule has 1 heterocycles. The number of benzene rings is 2. The van der Waals surface area contributed by atoms with Crippen molar-refractivity contribution >= 4 is 38.7 Å². The Labute approximate surface area is 219 Å². The van der Waals surface area contributed by atoms with Crippen LogP contribution in [0.25, 0.3) is 17.0 Å². The molecule has 3 rings (SSSR count). The number of carbonyl (C=O) groups excluding carboxylic acids is 1. The van der Waals surface area contributed by atoms with Crippen LogP contribution in [0.15, 0.2) is 60.0 Å². The fraction of sp³-hybridized carbons (Fsp3) is 0.370. The van der Waals surface area contributed by atoms with Crippen molar-refractivity contribution in [2.75, 3.05) is 32.0 Å². The van der Waals surface area contributed by atoms with Crippen LogP contribution < -0.4 is 11.1 Å². The van der Waals surface area contributed by atoms with E-state index in [-0.39, 0.29) is 5.92 Å². The molecule has 1 amide bonds. The van der Waals surface area contributed by atoms with E-state index >= 15 is 0 Å². The zero-order valence-corrected chi connectivity index (χ0v) is 22.6. The lowest BCUT2D eigenvalue weighted by molar-refractivity contribution is -0.119. The summed E-state index contributed by atoms with van der Waals surface area (Å²) >= 11 is 0. The molecule has 0 spiro atoms. The number of nitrogens with zero attached hydrogens (tertiary/aromatic N) is 4. The molecule has 0 unspecified atom stereocenters. The summed E-state index contributed by atoms with van der Waals surface area (Å²) in [6, 6.07) is 16.3. The molecule has 1 atom stereocenters. The van der Waals surface area contributed by atoms with Gasteiger partial charge in [0.15, 0.2) is 0 Å². The van der Waals surface area contributed by atoms with Gasteiger partial charge in [0.05, 0.1) is 12.1 Å². The Morgan fingerprint density at radius 3 is 2.38 bits per heavy atom. The summed E-state index contributed by atoms with van der Waals surface area (Å²) in [5, 5.41) is 5.25. The third-order valence-electron chi connectivity index (χ3n) is 6.00. The van der Waals surface area contributed by atoms with E-state index in [0.717, 1.165) is 16.5 Å². The van der Waals surface area contributed by atoms with Gasteiger partial charge in [0.25, 0.3) is 0 Å². The molecule has 0 saturated carbocycles.